The molecule has 166 valence electrons. The Morgan fingerprint density at radius 1 is 1.03 bits per heavy atom. The summed E-state index contributed by atoms with van der Waals surface area (Å²) in [6, 6.07) is 5.66. The number of thioether (sulfide) groups is 1. The number of hydrogen-bond acceptors (Lipinski definition) is 7. The molecule has 0 atom stereocenters. The van der Waals surface area contributed by atoms with E-state index in [0.29, 0.717) is 37.7 Å². The molecule has 2 aromatic rings. The molecule has 0 spiro atoms. The van der Waals surface area contributed by atoms with Gasteiger partial charge >= 0.3 is 0 Å². The first-order chi connectivity index (χ1) is 15.0. The molecule has 2 aliphatic heterocycles. The highest BCUT2D eigenvalue weighted by Crippen LogP contribution is 2.26. The summed E-state index contributed by atoms with van der Waals surface area (Å²) in [5.74, 6) is 2.56. The van der Waals surface area contributed by atoms with Crippen molar-refractivity contribution in [1.29, 1.82) is 0 Å². The van der Waals surface area contributed by atoms with Gasteiger partial charge in [0, 0.05) is 58.0 Å². The second-order valence-corrected chi connectivity index (χ2v) is 8.84. The summed E-state index contributed by atoms with van der Waals surface area (Å²) < 4.78 is 5.82. The van der Waals surface area contributed by atoms with Crippen molar-refractivity contribution in [2.75, 3.05) is 44.2 Å². The number of nitrogens with zero attached hydrogens (tertiary/aromatic N) is 5. The average Bonchev–Trinajstić information content (AvgIpc) is 3.49. The van der Waals surface area contributed by atoms with Crippen molar-refractivity contribution >= 4 is 29.4 Å². The van der Waals surface area contributed by atoms with E-state index in [-0.39, 0.29) is 11.8 Å². The summed E-state index contributed by atoms with van der Waals surface area (Å²) in [5.41, 5.74) is 1.04. The largest absolute Gasteiger partial charge is 0.455 e. The maximum Gasteiger partial charge on any atom is 0.289 e. The van der Waals surface area contributed by atoms with Crippen molar-refractivity contribution in [2.24, 2.45) is 0 Å². The zero-order chi connectivity index (χ0) is 21.8. The maximum atomic E-state index is 12.7. The number of aromatic nitrogens is 2. The zero-order valence-corrected chi connectivity index (χ0v) is 19.0. The van der Waals surface area contributed by atoms with Crippen molar-refractivity contribution in [1.82, 2.24) is 19.8 Å². The van der Waals surface area contributed by atoms with Crippen LogP contribution in [0.5, 0.6) is 0 Å². The minimum Gasteiger partial charge on any atom is -0.455 e. The van der Waals surface area contributed by atoms with Gasteiger partial charge in [-0.3, -0.25) is 9.59 Å². The first-order valence-corrected chi connectivity index (χ1v) is 11.9. The Kier molecular flexibility index (Phi) is 6.80. The van der Waals surface area contributed by atoms with Crippen molar-refractivity contribution in [3.05, 3.63) is 35.4 Å². The molecule has 2 fully saturated rings. The molecule has 9 heteroatoms. The van der Waals surface area contributed by atoms with Crippen LogP contribution in [-0.2, 0) is 17.0 Å². The van der Waals surface area contributed by atoms with Crippen LogP contribution in [0, 0.1) is 0 Å². The molecule has 0 unspecified atom stereocenters. The standard InChI is InChI=1S/C22H29N5O3S/c1-3-17-14-20(26-8-4-5-9-26)24-22(23-17)31-15-18-6-7-19(30-18)21(29)27-12-10-25(11-13-27)16(2)28/h6-7,14H,3-5,8-13,15H2,1-2H3. The first-order valence-electron chi connectivity index (χ1n) is 10.9. The number of furan rings is 1. The Morgan fingerprint density at radius 3 is 2.42 bits per heavy atom. The van der Waals surface area contributed by atoms with Gasteiger partial charge in [0.1, 0.15) is 11.6 Å². The molecule has 2 aliphatic rings. The van der Waals surface area contributed by atoms with Gasteiger partial charge in [-0.15, -0.1) is 0 Å². The van der Waals surface area contributed by atoms with E-state index in [1.165, 1.54) is 24.6 Å². The molecular weight excluding hydrogens is 414 g/mol. The Bertz CT molecular complexity index is 933. The summed E-state index contributed by atoms with van der Waals surface area (Å²) >= 11 is 1.53. The van der Waals surface area contributed by atoms with Gasteiger partial charge in [0.05, 0.1) is 5.75 Å². The van der Waals surface area contributed by atoms with Crippen LogP contribution in [0.4, 0.5) is 5.82 Å². The lowest BCUT2D eigenvalue weighted by atomic mass is 10.3. The van der Waals surface area contributed by atoms with E-state index in [1.807, 2.05) is 6.07 Å². The van der Waals surface area contributed by atoms with Crippen LogP contribution in [0.1, 0.15) is 48.7 Å². The molecule has 0 aliphatic carbocycles. The van der Waals surface area contributed by atoms with Crippen LogP contribution in [0.15, 0.2) is 27.8 Å². The van der Waals surface area contributed by atoms with Gasteiger partial charge in [0.2, 0.25) is 5.91 Å². The lowest BCUT2D eigenvalue weighted by Crippen LogP contribution is -2.50. The third kappa shape index (κ3) is 5.20. The lowest BCUT2D eigenvalue weighted by Gasteiger charge is -2.33. The Labute approximate surface area is 187 Å². The van der Waals surface area contributed by atoms with Gasteiger partial charge in [0.15, 0.2) is 10.9 Å². The molecule has 0 saturated carbocycles. The average molecular weight is 444 g/mol. The Morgan fingerprint density at radius 2 is 1.74 bits per heavy atom. The van der Waals surface area contributed by atoms with Crippen molar-refractivity contribution < 1.29 is 14.0 Å². The highest BCUT2D eigenvalue weighted by atomic mass is 32.2. The van der Waals surface area contributed by atoms with Gasteiger partial charge in [-0.25, -0.2) is 9.97 Å². The number of carbonyl (C=O) groups excluding carboxylic acids is 2. The highest BCUT2D eigenvalue weighted by Gasteiger charge is 2.25. The Hall–Kier alpha value is -2.55. The van der Waals surface area contributed by atoms with Gasteiger partial charge in [-0.1, -0.05) is 18.7 Å². The van der Waals surface area contributed by atoms with Crippen LogP contribution >= 0.6 is 11.8 Å². The molecule has 2 aromatic heterocycles. The van der Waals surface area contributed by atoms with Crippen LogP contribution in [0.2, 0.25) is 0 Å². The lowest BCUT2D eigenvalue weighted by molar-refractivity contribution is -0.130. The molecular formula is C22H29N5O3S. The van der Waals surface area contributed by atoms with E-state index in [2.05, 4.69) is 22.9 Å². The van der Waals surface area contributed by atoms with Crippen LogP contribution in [0.3, 0.4) is 0 Å². The van der Waals surface area contributed by atoms with Crippen LogP contribution in [0.25, 0.3) is 0 Å². The first kappa shape index (κ1) is 21.7. The number of aryl methyl sites for hydroxylation is 1. The molecule has 2 amide bonds. The summed E-state index contributed by atoms with van der Waals surface area (Å²) in [4.78, 5) is 39.4. The predicted molar refractivity (Wildman–Crippen MR) is 119 cm³/mol. The summed E-state index contributed by atoms with van der Waals surface area (Å²) in [6.45, 7) is 7.94. The minimum absolute atomic E-state index is 0.0478. The quantitative estimate of drug-likeness (QED) is 0.501. The number of carbonyl (C=O) groups is 2. The molecule has 4 heterocycles. The molecule has 31 heavy (non-hydrogen) atoms. The Balaban J connectivity index is 1.37. The van der Waals surface area contributed by atoms with E-state index in [4.69, 9.17) is 9.40 Å². The fourth-order valence-electron chi connectivity index (χ4n) is 3.90. The number of piperazine rings is 1. The number of amides is 2. The van der Waals surface area contributed by atoms with E-state index < -0.39 is 0 Å². The van der Waals surface area contributed by atoms with Crippen LogP contribution < -0.4 is 4.90 Å². The zero-order valence-electron chi connectivity index (χ0n) is 18.2. The minimum atomic E-state index is -0.125. The second kappa shape index (κ2) is 9.72. The number of anilines is 1. The SMILES string of the molecule is CCc1cc(N2CCCC2)nc(SCc2ccc(C(=O)N3CCN(C(C)=O)CC3)o2)n1. The van der Waals surface area contributed by atoms with E-state index >= 15 is 0 Å². The van der Waals surface area contributed by atoms with Crippen LogP contribution in [-0.4, -0.2) is 70.9 Å². The highest BCUT2D eigenvalue weighted by molar-refractivity contribution is 7.98. The fourth-order valence-corrected chi connectivity index (χ4v) is 4.67. The number of hydrogen-bond donors (Lipinski definition) is 0. The van der Waals surface area contributed by atoms with Gasteiger partial charge in [0.25, 0.3) is 5.91 Å². The number of rotatable bonds is 6. The topological polar surface area (TPSA) is 82.8 Å². The fraction of sp³-hybridized carbons (Fsp3) is 0.545. The third-order valence-electron chi connectivity index (χ3n) is 5.77. The van der Waals surface area contributed by atoms with Gasteiger partial charge in [-0.05, 0) is 31.4 Å². The normalized spacial score (nSPS) is 16.8. The van der Waals surface area contributed by atoms with Crippen molar-refractivity contribution in [3.8, 4) is 0 Å². The smallest absolute Gasteiger partial charge is 0.289 e. The summed E-state index contributed by atoms with van der Waals surface area (Å²) in [5, 5.41) is 0.742. The maximum absolute atomic E-state index is 12.7. The molecule has 2 saturated heterocycles. The third-order valence-corrected chi connectivity index (χ3v) is 6.64. The van der Waals surface area contributed by atoms with E-state index in [9.17, 15) is 9.59 Å². The monoisotopic (exact) mass is 443 g/mol. The van der Waals surface area contributed by atoms with Crippen molar-refractivity contribution in [2.45, 2.75) is 44.0 Å². The molecule has 0 bridgehead atoms. The molecule has 0 aromatic carbocycles. The molecule has 0 N–H and O–H groups in total. The predicted octanol–water partition coefficient (Wildman–Crippen LogP) is 2.83. The van der Waals surface area contributed by atoms with E-state index in [0.717, 1.165) is 41.9 Å². The molecule has 0 radical (unpaired) electrons. The van der Waals surface area contributed by atoms with Gasteiger partial charge in [-0.2, -0.15) is 0 Å². The summed E-state index contributed by atoms with van der Waals surface area (Å²) in [7, 11) is 0. The van der Waals surface area contributed by atoms with E-state index in [1.54, 1.807) is 22.8 Å². The molecule has 8 nitrogen and oxygen atoms in total. The van der Waals surface area contributed by atoms with Gasteiger partial charge < -0.3 is 19.1 Å². The molecule has 4 rings (SSSR count). The van der Waals surface area contributed by atoms with Crippen molar-refractivity contribution in [3.63, 3.8) is 0 Å². The second-order valence-electron chi connectivity index (χ2n) is 7.90. The summed E-state index contributed by atoms with van der Waals surface area (Å²) in [6.07, 6.45) is 3.29.